The zero-order valence-electron chi connectivity index (χ0n) is 11.2. The number of ether oxygens (including phenoxy) is 1. The third-order valence-electron chi connectivity index (χ3n) is 2.91. The van der Waals surface area contributed by atoms with Crippen LogP contribution in [-0.2, 0) is 23.9 Å². The van der Waals surface area contributed by atoms with Crippen molar-refractivity contribution >= 4 is 23.7 Å². The van der Waals surface area contributed by atoms with Gasteiger partial charge >= 0.3 is 5.97 Å². The summed E-state index contributed by atoms with van der Waals surface area (Å²) in [4.78, 5) is 48.0. The van der Waals surface area contributed by atoms with E-state index in [1.165, 1.54) is 4.90 Å². The minimum Gasteiger partial charge on any atom is -0.454 e. The number of likely N-dealkylation sites (tertiary alicyclic amines) is 1. The average Bonchev–Trinajstić information content (AvgIpc) is 2.69. The number of likely N-dealkylation sites (N-methyl/N-ethyl adjacent to an activating group) is 1. The molecule has 0 spiro atoms. The fourth-order valence-electron chi connectivity index (χ4n) is 1.78. The van der Waals surface area contributed by atoms with Crippen molar-refractivity contribution in [3.63, 3.8) is 0 Å². The minimum atomic E-state index is -0.746. The number of nitrogens with zero attached hydrogens (tertiary/aromatic N) is 2. The second-order valence-electron chi connectivity index (χ2n) is 4.10. The van der Waals surface area contributed by atoms with E-state index in [-0.39, 0.29) is 37.2 Å². The van der Waals surface area contributed by atoms with Crippen LogP contribution in [0, 0.1) is 0 Å². The van der Waals surface area contributed by atoms with Crippen molar-refractivity contribution in [1.82, 2.24) is 9.80 Å². The molecule has 0 aliphatic carbocycles. The lowest BCUT2D eigenvalue weighted by Crippen LogP contribution is -2.38. The van der Waals surface area contributed by atoms with Crippen LogP contribution in [0.4, 0.5) is 0 Å². The number of carbonyl (C=O) groups is 4. The number of hydrogen-bond acceptors (Lipinski definition) is 5. The van der Waals surface area contributed by atoms with Gasteiger partial charge < -0.3 is 9.64 Å². The van der Waals surface area contributed by atoms with Gasteiger partial charge in [0.1, 0.15) is 6.54 Å². The van der Waals surface area contributed by atoms with Crippen molar-refractivity contribution in [1.29, 1.82) is 0 Å². The molecule has 106 valence electrons. The van der Waals surface area contributed by atoms with Gasteiger partial charge in [0, 0.05) is 25.9 Å². The number of imide groups is 1. The van der Waals surface area contributed by atoms with E-state index in [1.807, 2.05) is 13.8 Å². The van der Waals surface area contributed by atoms with Crippen molar-refractivity contribution in [2.24, 2.45) is 0 Å². The molecule has 0 unspecified atom stereocenters. The largest absolute Gasteiger partial charge is 0.454 e. The van der Waals surface area contributed by atoms with Crippen LogP contribution in [0.2, 0.25) is 0 Å². The highest BCUT2D eigenvalue weighted by molar-refractivity contribution is 6.04. The van der Waals surface area contributed by atoms with Gasteiger partial charge in [-0.05, 0) is 13.8 Å². The van der Waals surface area contributed by atoms with E-state index in [9.17, 15) is 19.2 Å². The lowest BCUT2D eigenvalue weighted by atomic mass is 10.4. The second-order valence-corrected chi connectivity index (χ2v) is 4.10. The maximum atomic E-state index is 11.6. The molecular formula is C12H18N2O5. The van der Waals surface area contributed by atoms with Gasteiger partial charge in [0.05, 0.1) is 0 Å². The van der Waals surface area contributed by atoms with Crippen molar-refractivity contribution in [3.05, 3.63) is 0 Å². The quantitative estimate of drug-likeness (QED) is 0.482. The predicted octanol–water partition coefficient (Wildman–Crippen LogP) is -0.453. The second kappa shape index (κ2) is 6.86. The fraction of sp³-hybridized carbons (Fsp3) is 0.667. The van der Waals surface area contributed by atoms with Crippen LogP contribution >= 0.6 is 0 Å². The van der Waals surface area contributed by atoms with Crippen LogP contribution in [-0.4, -0.2) is 59.7 Å². The first-order chi connectivity index (χ1) is 8.99. The highest BCUT2D eigenvalue weighted by Crippen LogP contribution is 2.11. The highest BCUT2D eigenvalue weighted by Gasteiger charge is 2.31. The number of rotatable bonds is 6. The normalized spacial score (nSPS) is 14.7. The maximum absolute atomic E-state index is 11.6. The predicted molar refractivity (Wildman–Crippen MR) is 64.8 cm³/mol. The summed E-state index contributed by atoms with van der Waals surface area (Å²) in [5.41, 5.74) is 0. The molecule has 0 bridgehead atoms. The van der Waals surface area contributed by atoms with Gasteiger partial charge in [0.25, 0.3) is 5.91 Å². The van der Waals surface area contributed by atoms with Gasteiger partial charge in [-0.25, -0.2) is 0 Å². The molecule has 1 aliphatic rings. The van der Waals surface area contributed by atoms with E-state index in [2.05, 4.69) is 0 Å². The first kappa shape index (κ1) is 15.1. The first-order valence-electron chi connectivity index (χ1n) is 6.26. The van der Waals surface area contributed by atoms with Crippen LogP contribution in [0.5, 0.6) is 0 Å². The molecule has 0 aromatic carbocycles. The topological polar surface area (TPSA) is 84.0 Å². The molecule has 1 saturated heterocycles. The third kappa shape index (κ3) is 4.04. The summed E-state index contributed by atoms with van der Waals surface area (Å²) in [6.45, 7) is 3.95. The van der Waals surface area contributed by atoms with E-state index in [1.54, 1.807) is 0 Å². The van der Waals surface area contributed by atoms with Crippen LogP contribution < -0.4 is 0 Å². The number of hydrogen-bond donors (Lipinski definition) is 0. The Bertz CT molecular complexity index is 374. The Balaban J connectivity index is 2.38. The molecule has 1 aliphatic heterocycles. The number of esters is 1. The van der Waals surface area contributed by atoms with Gasteiger partial charge in [0.15, 0.2) is 6.61 Å². The molecule has 0 aromatic heterocycles. The summed E-state index contributed by atoms with van der Waals surface area (Å²) in [7, 11) is 0. The Hall–Kier alpha value is -1.92. The van der Waals surface area contributed by atoms with Crippen LogP contribution in [0.3, 0.4) is 0 Å². The van der Waals surface area contributed by atoms with E-state index in [4.69, 9.17) is 4.74 Å². The summed E-state index contributed by atoms with van der Waals surface area (Å²) in [6, 6.07) is 0. The van der Waals surface area contributed by atoms with Crippen molar-refractivity contribution < 1.29 is 23.9 Å². The van der Waals surface area contributed by atoms with E-state index in [0.717, 1.165) is 4.90 Å². The van der Waals surface area contributed by atoms with Gasteiger partial charge in [-0.2, -0.15) is 0 Å². The molecular weight excluding hydrogens is 252 g/mol. The zero-order valence-corrected chi connectivity index (χ0v) is 11.2. The summed E-state index contributed by atoms with van der Waals surface area (Å²) in [5.74, 6) is -1.80. The van der Waals surface area contributed by atoms with Crippen LogP contribution in [0.1, 0.15) is 26.7 Å². The SMILES string of the molecule is CCN(CC)C(=O)COC(=O)CN1C(=O)CCC1=O. The molecule has 19 heavy (non-hydrogen) atoms. The van der Waals surface area contributed by atoms with Gasteiger partial charge in [-0.1, -0.05) is 0 Å². The molecule has 1 rings (SSSR count). The number of carbonyl (C=O) groups excluding carboxylic acids is 4. The molecule has 1 fully saturated rings. The van der Waals surface area contributed by atoms with Crippen molar-refractivity contribution in [2.45, 2.75) is 26.7 Å². The minimum absolute atomic E-state index is 0.129. The molecule has 7 heteroatoms. The highest BCUT2D eigenvalue weighted by atomic mass is 16.5. The summed E-state index contributed by atoms with van der Waals surface area (Å²) in [5, 5.41) is 0. The lowest BCUT2D eigenvalue weighted by molar-refractivity contribution is -0.156. The van der Waals surface area contributed by atoms with Gasteiger partial charge in [-0.3, -0.25) is 24.1 Å². The zero-order chi connectivity index (χ0) is 14.4. The summed E-state index contributed by atoms with van der Waals surface area (Å²) < 4.78 is 4.77. The Morgan fingerprint density at radius 2 is 1.68 bits per heavy atom. The Morgan fingerprint density at radius 3 is 2.16 bits per heavy atom. The Morgan fingerprint density at radius 1 is 1.16 bits per heavy atom. The molecule has 0 N–H and O–H groups in total. The molecule has 0 aromatic rings. The smallest absolute Gasteiger partial charge is 0.326 e. The third-order valence-corrected chi connectivity index (χ3v) is 2.91. The molecule has 0 atom stereocenters. The average molecular weight is 270 g/mol. The van der Waals surface area contributed by atoms with Crippen molar-refractivity contribution in [3.8, 4) is 0 Å². The molecule has 0 radical (unpaired) electrons. The molecule has 0 saturated carbocycles. The first-order valence-corrected chi connectivity index (χ1v) is 6.26. The molecule has 3 amide bonds. The molecule has 1 heterocycles. The van der Waals surface area contributed by atoms with E-state index < -0.39 is 12.5 Å². The fourth-order valence-corrected chi connectivity index (χ4v) is 1.78. The molecule has 7 nitrogen and oxygen atoms in total. The Labute approximate surface area is 111 Å². The van der Waals surface area contributed by atoms with Crippen LogP contribution in [0.15, 0.2) is 0 Å². The Kier molecular flexibility index (Phi) is 5.47. The summed E-state index contributed by atoms with van der Waals surface area (Å²) >= 11 is 0. The van der Waals surface area contributed by atoms with Gasteiger partial charge in [-0.15, -0.1) is 0 Å². The standard InChI is InChI=1S/C12H18N2O5/c1-3-13(4-2)11(17)8-19-12(18)7-14-9(15)5-6-10(14)16/h3-8H2,1-2H3. The van der Waals surface area contributed by atoms with Gasteiger partial charge in [0.2, 0.25) is 11.8 Å². The van der Waals surface area contributed by atoms with E-state index >= 15 is 0 Å². The van der Waals surface area contributed by atoms with Crippen LogP contribution in [0.25, 0.3) is 0 Å². The number of amides is 3. The van der Waals surface area contributed by atoms with E-state index in [0.29, 0.717) is 13.1 Å². The van der Waals surface area contributed by atoms with Crippen molar-refractivity contribution in [2.75, 3.05) is 26.2 Å². The lowest BCUT2D eigenvalue weighted by Gasteiger charge is -2.18. The monoisotopic (exact) mass is 270 g/mol. The summed E-state index contributed by atoms with van der Waals surface area (Å²) in [6.07, 6.45) is 0.259. The maximum Gasteiger partial charge on any atom is 0.326 e.